The van der Waals surface area contributed by atoms with E-state index in [4.69, 9.17) is 0 Å². The molecule has 0 radical (unpaired) electrons. The Morgan fingerprint density at radius 1 is 1.37 bits per heavy atom. The zero-order valence-electron chi connectivity index (χ0n) is 10.8. The van der Waals surface area contributed by atoms with Crippen molar-refractivity contribution in [1.82, 2.24) is 4.98 Å². The zero-order valence-corrected chi connectivity index (χ0v) is 11.7. The van der Waals surface area contributed by atoms with Gasteiger partial charge in [-0.05, 0) is 30.0 Å². The molecule has 19 heavy (non-hydrogen) atoms. The van der Waals surface area contributed by atoms with Crippen LogP contribution in [0.1, 0.15) is 18.2 Å². The van der Waals surface area contributed by atoms with Crippen LogP contribution in [0.25, 0.3) is 0 Å². The molecule has 0 bridgehead atoms. The predicted octanol–water partition coefficient (Wildman–Crippen LogP) is 3.15. The highest BCUT2D eigenvalue weighted by molar-refractivity contribution is 7.10. The van der Waals surface area contributed by atoms with Crippen molar-refractivity contribution in [1.29, 1.82) is 0 Å². The van der Waals surface area contributed by atoms with E-state index in [2.05, 4.69) is 22.5 Å². The lowest BCUT2D eigenvalue weighted by Gasteiger charge is -2.06. The predicted molar refractivity (Wildman–Crippen MR) is 79.7 cm³/mol. The van der Waals surface area contributed by atoms with Gasteiger partial charge in [0.05, 0.1) is 18.3 Å². The molecular formula is C14H17N3OS. The van der Waals surface area contributed by atoms with Crippen LogP contribution in [0.15, 0.2) is 35.8 Å². The van der Waals surface area contributed by atoms with Gasteiger partial charge in [-0.15, -0.1) is 11.3 Å². The molecule has 5 heteroatoms. The normalized spacial score (nSPS) is 10.2. The van der Waals surface area contributed by atoms with Crippen molar-refractivity contribution in [2.75, 3.05) is 17.2 Å². The molecule has 2 N–H and O–H groups in total. The quantitative estimate of drug-likeness (QED) is 0.851. The smallest absolute Gasteiger partial charge is 0.230 e. The number of amides is 1. The van der Waals surface area contributed by atoms with Gasteiger partial charge in [-0.2, -0.15) is 0 Å². The number of thiophene rings is 1. The van der Waals surface area contributed by atoms with Crippen LogP contribution in [0.5, 0.6) is 0 Å². The Morgan fingerprint density at radius 2 is 2.26 bits per heavy atom. The van der Waals surface area contributed by atoms with E-state index in [-0.39, 0.29) is 5.91 Å². The fraction of sp³-hybridized carbons (Fsp3) is 0.286. The first kappa shape index (κ1) is 13.5. The topological polar surface area (TPSA) is 54.0 Å². The van der Waals surface area contributed by atoms with Gasteiger partial charge in [0.15, 0.2) is 0 Å². The second-order valence-corrected chi connectivity index (χ2v) is 5.20. The molecule has 2 rings (SSSR count). The molecule has 0 unspecified atom stereocenters. The summed E-state index contributed by atoms with van der Waals surface area (Å²) in [5.41, 5.74) is 0.970. The van der Waals surface area contributed by atoms with E-state index in [0.29, 0.717) is 12.2 Å². The van der Waals surface area contributed by atoms with Gasteiger partial charge in [0.2, 0.25) is 5.91 Å². The molecule has 0 aliphatic carbocycles. The third kappa shape index (κ3) is 4.37. The van der Waals surface area contributed by atoms with Gasteiger partial charge in [0.25, 0.3) is 0 Å². The summed E-state index contributed by atoms with van der Waals surface area (Å²) in [4.78, 5) is 17.0. The van der Waals surface area contributed by atoms with Gasteiger partial charge in [-0.25, -0.2) is 4.98 Å². The highest BCUT2D eigenvalue weighted by Gasteiger charge is 2.05. The maximum atomic E-state index is 11.8. The third-order valence-electron chi connectivity index (χ3n) is 2.52. The number of nitrogens with one attached hydrogen (secondary N) is 2. The maximum absolute atomic E-state index is 11.8. The fourth-order valence-corrected chi connectivity index (χ4v) is 2.30. The lowest BCUT2D eigenvalue weighted by molar-refractivity contribution is -0.115. The van der Waals surface area contributed by atoms with Gasteiger partial charge < -0.3 is 10.6 Å². The minimum absolute atomic E-state index is 0.0378. The Bertz CT molecular complexity index is 508. The van der Waals surface area contributed by atoms with Crippen molar-refractivity contribution in [3.05, 3.63) is 40.7 Å². The second kappa shape index (κ2) is 6.89. The monoisotopic (exact) mass is 275 g/mol. The number of aromatic nitrogens is 1. The minimum Gasteiger partial charge on any atom is -0.384 e. The standard InChI is InChI=1S/C14H17N3OS/c1-2-7-15-11-5-6-13(16-10-11)17-14(18)9-12-4-3-8-19-12/h3-6,8,10,15H,2,7,9H2,1H3,(H,16,17,18). The van der Waals surface area contributed by atoms with Crippen molar-refractivity contribution in [2.24, 2.45) is 0 Å². The lowest BCUT2D eigenvalue weighted by Crippen LogP contribution is -2.14. The number of carbonyl (C=O) groups excluding carboxylic acids is 1. The molecule has 0 fully saturated rings. The summed E-state index contributed by atoms with van der Waals surface area (Å²) in [6.45, 7) is 3.03. The van der Waals surface area contributed by atoms with E-state index >= 15 is 0 Å². The van der Waals surface area contributed by atoms with Crippen molar-refractivity contribution in [2.45, 2.75) is 19.8 Å². The number of carbonyl (C=O) groups is 1. The SMILES string of the molecule is CCCNc1ccc(NC(=O)Cc2cccs2)nc1. The molecule has 0 spiro atoms. The summed E-state index contributed by atoms with van der Waals surface area (Å²) in [7, 11) is 0. The molecule has 2 heterocycles. The van der Waals surface area contributed by atoms with Gasteiger partial charge in [-0.3, -0.25) is 4.79 Å². The summed E-state index contributed by atoms with van der Waals surface area (Å²) in [6, 6.07) is 7.63. The van der Waals surface area contributed by atoms with Crippen LogP contribution in [-0.2, 0) is 11.2 Å². The van der Waals surface area contributed by atoms with Crippen LogP contribution < -0.4 is 10.6 Å². The van der Waals surface area contributed by atoms with Crippen molar-refractivity contribution in [3.8, 4) is 0 Å². The minimum atomic E-state index is -0.0378. The van der Waals surface area contributed by atoms with Crippen molar-refractivity contribution in [3.63, 3.8) is 0 Å². The Morgan fingerprint density at radius 3 is 2.89 bits per heavy atom. The molecule has 4 nitrogen and oxygen atoms in total. The number of hydrogen-bond donors (Lipinski definition) is 2. The third-order valence-corrected chi connectivity index (χ3v) is 3.40. The molecule has 0 aliphatic heterocycles. The molecule has 1 amide bonds. The Balaban J connectivity index is 1.86. The molecule has 2 aromatic rings. The van der Waals surface area contributed by atoms with Gasteiger partial charge >= 0.3 is 0 Å². The average molecular weight is 275 g/mol. The first-order valence-electron chi connectivity index (χ1n) is 6.30. The summed E-state index contributed by atoms with van der Waals surface area (Å²) in [5.74, 6) is 0.549. The molecule has 0 aromatic carbocycles. The Hall–Kier alpha value is -1.88. The molecule has 2 aromatic heterocycles. The molecule has 100 valence electrons. The van der Waals surface area contributed by atoms with Crippen LogP contribution in [0, 0.1) is 0 Å². The van der Waals surface area contributed by atoms with Crippen LogP contribution in [0.4, 0.5) is 11.5 Å². The second-order valence-electron chi connectivity index (χ2n) is 4.16. The molecule has 0 atom stereocenters. The highest BCUT2D eigenvalue weighted by atomic mass is 32.1. The summed E-state index contributed by atoms with van der Waals surface area (Å²) >= 11 is 1.58. The van der Waals surface area contributed by atoms with Crippen molar-refractivity contribution < 1.29 is 4.79 Å². The van der Waals surface area contributed by atoms with E-state index in [1.165, 1.54) is 0 Å². The van der Waals surface area contributed by atoms with Crippen molar-refractivity contribution >= 4 is 28.7 Å². The number of pyridine rings is 1. The van der Waals surface area contributed by atoms with Gasteiger partial charge in [-0.1, -0.05) is 13.0 Å². The molecule has 0 saturated heterocycles. The lowest BCUT2D eigenvalue weighted by atomic mass is 10.3. The first-order chi connectivity index (χ1) is 9.28. The van der Waals surface area contributed by atoms with E-state index in [0.717, 1.165) is 23.5 Å². The van der Waals surface area contributed by atoms with Crippen LogP contribution >= 0.6 is 11.3 Å². The Labute approximate surface area is 116 Å². The summed E-state index contributed by atoms with van der Waals surface area (Å²) < 4.78 is 0. The maximum Gasteiger partial charge on any atom is 0.230 e. The molecule has 0 aliphatic rings. The van der Waals surface area contributed by atoms with Gasteiger partial charge in [0.1, 0.15) is 5.82 Å². The number of hydrogen-bond acceptors (Lipinski definition) is 4. The largest absolute Gasteiger partial charge is 0.384 e. The fourth-order valence-electron chi connectivity index (χ4n) is 1.60. The number of rotatable bonds is 6. The number of nitrogens with zero attached hydrogens (tertiary/aromatic N) is 1. The number of anilines is 2. The summed E-state index contributed by atoms with van der Waals surface area (Å²) in [6.07, 6.45) is 3.20. The van der Waals surface area contributed by atoms with E-state index in [1.54, 1.807) is 17.5 Å². The summed E-state index contributed by atoms with van der Waals surface area (Å²) in [5, 5.41) is 8.00. The van der Waals surface area contributed by atoms with E-state index in [1.807, 2.05) is 29.6 Å². The first-order valence-corrected chi connectivity index (χ1v) is 7.18. The van der Waals surface area contributed by atoms with E-state index in [9.17, 15) is 4.79 Å². The molecule has 0 saturated carbocycles. The van der Waals surface area contributed by atoms with E-state index < -0.39 is 0 Å². The highest BCUT2D eigenvalue weighted by Crippen LogP contribution is 2.12. The van der Waals surface area contributed by atoms with Gasteiger partial charge in [0, 0.05) is 11.4 Å². The average Bonchev–Trinajstić information content (AvgIpc) is 2.90. The van der Waals surface area contributed by atoms with Crippen LogP contribution in [0.3, 0.4) is 0 Å². The zero-order chi connectivity index (χ0) is 13.5. The Kier molecular flexibility index (Phi) is 4.92. The molecular weight excluding hydrogens is 258 g/mol. The van der Waals surface area contributed by atoms with Crippen LogP contribution in [0.2, 0.25) is 0 Å². The van der Waals surface area contributed by atoms with Crippen LogP contribution in [-0.4, -0.2) is 17.4 Å².